The molecule has 2 rings (SSSR count). The van der Waals surface area contributed by atoms with Crippen LogP contribution in [0.2, 0.25) is 0 Å². The van der Waals surface area contributed by atoms with Gasteiger partial charge < -0.3 is 9.64 Å². The van der Waals surface area contributed by atoms with E-state index in [4.69, 9.17) is 4.74 Å². The zero-order chi connectivity index (χ0) is 15.5. The quantitative estimate of drug-likeness (QED) is 0.791. The molecule has 21 heavy (non-hydrogen) atoms. The Bertz CT molecular complexity index is 340. The number of morpholine rings is 1. The van der Waals surface area contributed by atoms with Crippen molar-refractivity contribution in [2.75, 3.05) is 19.8 Å². The van der Waals surface area contributed by atoms with Crippen LogP contribution in [0.4, 0.5) is 0 Å². The van der Waals surface area contributed by atoms with Gasteiger partial charge in [0.1, 0.15) is 0 Å². The number of carbonyl (C=O) groups is 1. The summed E-state index contributed by atoms with van der Waals surface area (Å²) in [5.41, 5.74) is 0.423. The molecule has 1 atom stereocenters. The summed E-state index contributed by atoms with van der Waals surface area (Å²) in [6.07, 6.45) is 6.81. The topological polar surface area (TPSA) is 29.5 Å². The lowest BCUT2D eigenvalue weighted by atomic mass is 9.69. The van der Waals surface area contributed by atoms with Gasteiger partial charge in [-0.15, -0.1) is 0 Å². The van der Waals surface area contributed by atoms with E-state index in [9.17, 15) is 4.79 Å². The van der Waals surface area contributed by atoms with Gasteiger partial charge in [0.25, 0.3) is 0 Å². The lowest BCUT2D eigenvalue weighted by Gasteiger charge is -2.39. The molecule has 1 unspecified atom stereocenters. The van der Waals surface area contributed by atoms with Crippen LogP contribution in [-0.4, -0.2) is 36.6 Å². The van der Waals surface area contributed by atoms with E-state index < -0.39 is 0 Å². The molecule has 122 valence electrons. The fourth-order valence-corrected chi connectivity index (χ4v) is 3.92. The van der Waals surface area contributed by atoms with Gasteiger partial charge in [0.2, 0.25) is 5.91 Å². The molecule has 0 spiro atoms. The first-order valence-electron chi connectivity index (χ1n) is 8.79. The first kappa shape index (κ1) is 16.8. The zero-order valence-corrected chi connectivity index (χ0v) is 14.4. The molecule has 3 nitrogen and oxygen atoms in total. The molecule has 1 aliphatic carbocycles. The molecule has 1 aliphatic heterocycles. The van der Waals surface area contributed by atoms with Gasteiger partial charge in [-0.05, 0) is 49.4 Å². The molecule has 0 radical (unpaired) electrons. The van der Waals surface area contributed by atoms with Crippen LogP contribution in [0.5, 0.6) is 0 Å². The summed E-state index contributed by atoms with van der Waals surface area (Å²) in [6, 6.07) is 0.303. The van der Waals surface area contributed by atoms with E-state index in [2.05, 4.69) is 32.6 Å². The first-order chi connectivity index (χ1) is 9.91. The molecule has 3 heteroatoms. The van der Waals surface area contributed by atoms with Crippen LogP contribution < -0.4 is 0 Å². The molecular formula is C18H33NO2. The van der Waals surface area contributed by atoms with Crippen LogP contribution in [0.25, 0.3) is 0 Å². The molecule has 1 amide bonds. The Kier molecular flexibility index (Phi) is 5.70. The van der Waals surface area contributed by atoms with Crippen LogP contribution in [0.15, 0.2) is 0 Å². The number of amides is 1. The van der Waals surface area contributed by atoms with Crippen molar-refractivity contribution in [1.29, 1.82) is 0 Å². The van der Waals surface area contributed by atoms with Gasteiger partial charge in [0, 0.05) is 13.0 Å². The summed E-state index contributed by atoms with van der Waals surface area (Å²) in [5.74, 6) is 1.80. The van der Waals surface area contributed by atoms with Crippen molar-refractivity contribution in [3.8, 4) is 0 Å². The maximum atomic E-state index is 12.6. The van der Waals surface area contributed by atoms with Gasteiger partial charge in [0.15, 0.2) is 0 Å². The van der Waals surface area contributed by atoms with Crippen molar-refractivity contribution in [2.45, 2.75) is 72.3 Å². The van der Waals surface area contributed by atoms with Crippen molar-refractivity contribution >= 4 is 5.91 Å². The van der Waals surface area contributed by atoms with Gasteiger partial charge in [-0.25, -0.2) is 0 Å². The highest BCUT2D eigenvalue weighted by Crippen LogP contribution is 2.40. The highest BCUT2D eigenvalue weighted by atomic mass is 16.5. The molecule has 1 saturated carbocycles. The molecule has 1 saturated heterocycles. The largest absolute Gasteiger partial charge is 0.377 e. The minimum absolute atomic E-state index is 0.303. The third-order valence-electron chi connectivity index (χ3n) is 5.55. The summed E-state index contributed by atoms with van der Waals surface area (Å²) < 4.78 is 5.50. The monoisotopic (exact) mass is 295 g/mol. The van der Waals surface area contributed by atoms with Gasteiger partial charge in [-0.1, -0.05) is 27.7 Å². The lowest BCUT2D eigenvalue weighted by Crippen LogP contribution is -2.48. The molecular weight excluding hydrogens is 262 g/mol. The summed E-state index contributed by atoms with van der Waals surface area (Å²) >= 11 is 0. The van der Waals surface area contributed by atoms with Gasteiger partial charge in [0.05, 0.1) is 19.3 Å². The maximum Gasteiger partial charge on any atom is 0.223 e. The first-order valence-corrected chi connectivity index (χ1v) is 8.79. The van der Waals surface area contributed by atoms with E-state index in [-0.39, 0.29) is 0 Å². The lowest BCUT2D eigenvalue weighted by molar-refractivity contribution is -0.141. The van der Waals surface area contributed by atoms with Crippen LogP contribution in [0.1, 0.15) is 66.2 Å². The molecule has 0 bridgehead atoms. The van der Waals surface area contributed by atoms with Crippen molar-refractivity contribution in [3.05, 3.63) is 0 Å². The van der Waals surface area contributed by atoms with E-state index in [1.54, 1.807) is 0 Å². The minimum atomic E-state index is 0.303. The Labute approximate surface area is 130 Å². The Morgan fingerprint density at radius 2 is 1.86 bits per heavy atom. The zero-order valence-electron chi connectivity index (χ0n) is 14.4. The second kappa shape index (κ2) is 7.13. The van der Waals surface area contributed by atoms with Gasteiger partial charge in [-0.2, -0.15) is 0 Å². The van der Waals surface area contributed by atoms with Crippen LogP contribution in [0.3, 0.4) is 0 Å². The normalized spacial score (nSPS) is 31.2. The third-order valence-corrected chi connectivity index (χ3v) is 5.55. The molecule has 0 aromatic carbocycles. The predicted octanol–water partition coefficient (Wildman–Crippen LogP) is 3.87. The number of ether oxygens (including phenoxy) is 1. The third kappa shape index (κ3) is 4.45. The molecule has 1 heterocycles. The van der Waals surface area contributed by atoms with Gasteiger partial charge >= 0.3 is 0 Å². The molecule has 2 aliphatic rings. The average molecular weight is 295 g/mol. The van der Waals surface area contributed by atoms with E-state index in [0.29, 0.717) is 29.9 Å². The second-order valence-electron chi connectivity index (χ2n) is 8.01. The smallest absolute Gasteiger partial charge is 0.223 e. The van der Waals surface area contributed by atoms with E-state index in [1.807, 2.05) is 0 Å². The highest BCUT2D eigenvalue weighted by molar-refractivity contribution is 5.77. The van der Waals surface area contributed by atoms with E-state index in [1.165, 1.54) is 25.7 Å². The minimum Gasteiger partial charge on any atom is -0.377 e. The second-order valence-corrected chi connectivity index (χ2v) is 8.01. The van der Waals surface area contributed by atoms with Crippen LogP contribution in [-0.2, 0) is 9.53 Å². The Balaban J connectivity index is 1.81. The summed E-state index contributed by atoms with van der Waals surface area (Å²) in [7, 11) is 0. The molecule has 0 aromatic heterocycles. The Morgan fingerprint density at radius 3 is 2.43 bits per heavy atom. The fraction of sp³-hybridized carbons (Fsp3) is 0.944. The number of nitrogens with zero attached hydrogens (tertiary/aromatic N) is 1. The number of carbonyl (C=O) groups excluding carboxylic acids is 1. The SMILES string of the molecule is CCC1COCCN1C(=O)CC1CCC(C(C)(C)C)CC1. The Hall–Kier alpha value is -0.570. The molecule has 0 N–H and O–H groups in total. The van der Waals surface area contributed by atoms with Crippen molar-refractivity contribution in [2.24, 2.45) is 17.3 Å². The van der Waals surface area contributed by atoms with Crippen LogP contribution >= 0.6 is 0 Å². The highest BCUT2D eigenvalue weighted by Gasteiger charge is 2.32. The standard InChI is InChI=1S/C18H33NO2/c1-5-16-13-21-11-10-19(16)17(20)12-14-6-8-15(9-7-14)18(2,3)4/h14-16H,5-13H2,1-4H3. The Morgan fingerprint density at radius 1 is 1.19 bits per heavy atom. The summed E-state index contributed by atoms with van der Waals surface area (Å²) in [6.45, 7) is 11.4. The van der Waals surface area contributed by atoms with Crippen molar-refractivity contribution < 1.29 is 9.53 Å². The molecule has 0 aromatic rings. The van der Waals surface area contributed by atoms with Crippen LogP contribution in [0, 0.1) is 17.3 Å². The summed E-state index contributed by atoms with van der Waals surface area (Å²) in [5, 5.41) is 0. The average Bonchev–Trinajstić information content (AvgIpc) is 2.46. The van der Waals surface area contributed by atoms with E-state index >= 15 is 0 Å². The fourth-order valence-electron chi connectivity index (χ4n) is 3.92. The summed E-state index contributed by atoms with van der Waals surface area (Å²) in [4.78, 5) is 14.7. The predicted molar refractivity (Wildman–Crippen MR) is 86.1 cm³/mol. The molecule has 2 fully saturated rings. The maximum absolute atomic E-state index is 12.6. The van der Waals surface area contributed by atoms with E-state index in [0.717, 1.165) is 31.9 Å². The number of hydrogen-bond donors (Lipinski definition) is 0. The number of hydrogen-bond acceptors (Lipinski definition) is 2. The number of rotatable bonds is 3. The van der Waals surface area contributed by atoms with Gasteiger partial charge in [-0.3, -0.25) is 4.79 Å². The van der Waals surface area contributed by atoms with Crippen molar-refractivity contribution in [3.63, 3.8) is 0 Å². The van der Waals surface area contributed by atoms with Crippen molar-refractivity contribution in [1.82, 2.24) is 4.90 Å².